The highest BCUT2D eigenvalue weighted by Gasteiger charge is 2.22. The average Bonchev–Trinajstić information content (AvgIpc) is 2.88. The minimum Gasteiger partial charge on any atom is -0.493 e. The Hall–Kier alpha value is -4.26. The van der Waals surface area contributed by atoms with E-state index in [0.717, 1.165) is 10.9 Å². The third-order valence-electron chi connectivity index (χ3n) is 5.87. The number of nitrogens with zero attached hydrogens (tertiary/aromatic N) is 1. The van der Waals surface area contributed by atoms with Crippen LogP contribution in [0.3, 0.4) is 0 Å². The van der Waals surface area contributed by atoms with Gasteiger partial charge in [-0.05, 0) is 36.8 Å². The first-order valence-electron chi connectivity index (χ1n) is 11.6. The number of nitrogens with one attached hydrogen (secondary N) is 1. The van der Waals surface area contributed by atoms with E-state index in [1.54, 1.807) is 23.1 Å². The highest BCUT2D eigenvalue weighted by atomic mass is 16.6. The van der Waals surface area contributed by atoms with E-state index in [2.05, 4.69) is 4.98 Å². The van der Waals surface area contributed by atoms with Gasteiger partial charge in [0.15, 0.2) is 11.5 Å². The Morgan fingerprint density at radius 3 is 2.43 bits per heavy atom. The van der Waals surface area contributed by atoms with Crippen LogP contribution in [-0.4, -0.2) is 35.6 Å². The third kappa shape index (κ3) is 4.84. The van der Waals surface area contributed by atoms with Crippen molar-refractivity contribution in [3.05, 3.63) is 99.8 Å². The molecule has 0 unspecified atom stereocenters. The van der Waals surface area contributed by atoms with E-state index >= 15 is 0 Å². The molecule has 4 aromatic rings. The fourth-order valence-corrected chi connectivity index (χ4v) is 4.21. The van der Waals surface area contributed by atoms with Crippen molar-refractivity contribution >= 4 is 16.8 Å². The van der Waals surface area contributed by atoms with Gasteiger partial charge in [0.25, 0.3) is 11.5 Å². The number of para-hydroxylation sites is 1. The molecule has 3 aromatic carbocycles. The van der Waals surface area contributed by atoms with Crippen LogP contribution in [0.5, 0.6) is 17.2 Å². The number of hydrogen-bond donors (Lipinski definition) is 1. The number of H-pyrrole nitrogens is 1. The number of rotatable bonds is 7. The summed E-state index contributed by atoms with van der Waals surface area (Å²) in [5, 5.41) is 0.811. The fraction of sp³-hybridized carbons (Fsp3) is 0.214. The molecule has 1 amide bonds. The average molecular weight is 471 g/mol. The zero-order valence-corrected chi connectivity index (χ0v) is 19.5. The van der Waals surface area contributed by atoms with Crippen LogP contribution >= 0.6 is 0 Å². The molecule has 0 fully saturated rings. The van der Waals surface area contributed by atoms with Crippen LogP contribution in [0, 0.1) is 0 Å². The summed E-state index contributed by atoms with van der Waals surface area (Å²) < 4.78 is 17.0. The number of aromatic nitrogens is 1. The molecule has 0 saturated carbocycles. The molecule has 0 saturated heterocycles. The van der Waals surface area contributed by atoms with E-state index in [1.807, 2.05) is 61.5 Å². The number of pyridine rings is 1. The first-order valence-corrected chi connectivity index (χ1v) is 11.6. The Balaban J connectivity index is 1.52. The van der Waals surface area contributed by atoms with Gasteiger partial charge in [-0.15, -0.1) is 0 Å². The van der Waals surface area contributed by atoms with Gasteiger partial charge in [0.1, 0.15) is 19.0 Å². The van der Waals surface area contributed by atoms with Crippen LogP contribution in [0.2, 0.25) is 0 Å². The van der Waals surface area contributed by atoms with Gasteiger partial charge in [-0.1, -0.05) is 42.5 Å². The van der Waals surface area contributed by atoms with Crippen LogP contribution in [0.1, 0.15) is 28.4 Å². The van der Waals surface area contributed by atoms with E-state index in [0.29, 0.717) is 60.3 Å². The molecule has 1 aromatic heterocycles. The maximum Gasteiger partial charge on any atom is 0.258 e. The molecule has 0 bridgehead atoms. The minimum absolute atomic E-state index is 0.133. The molecule has 7 nitrogen and oxygen atoms in total. The molecule has 1 N–H and O–H groups in total. The van der Waals surface area contributed by atoms with Gasteiger partial charge in [-0.25, -0.2) is 0 Å². The van der Waals surface area contributed by atoms with Gasteiger partial charge in [0.2, 0.25) is 0 Å². The number of hydrogen-bond acceptors (Lipinski definition) is 5. The van der Waals surface area contributed by atoms with E-state index < -0.39 is 0 Å². The third-order valence-corrected chi connectivity index (χ3v) is 5.87. The van der Waals surface area contributed by atoms with Crippen molar-refractivity contribution in [3.63, 3.8) is 0 Å². The monoisotopic (exact) mass is 470 g/mol. The lowest BCUT2D eigenvalue weighted by molar-refractivity contribution is 0.0725. The Labute approximate surface area is 202 Å². The summed E-state index contributed by atoms with van der Waals surface area (Å²) in [5.41, 5.74) is 2.31. The van der Waals surface area contributed by atoms with Crippen LogP contribution in [-0.2, 0) is 13.1 Å². The first-order chi connectivity index (χ1) is 17.1. The zero-order chi connectivity index (χ0) is 24.2. The molecule has 0 atom stereocenters. The van der Waals surface area contributed by atoms with Gasteiger partial charge in [0.05, 0.1) is 24.2 Å². The molecular formula is C28H26N2O5. The van der Waals surface area contributed by atoms with Crippen LogP contribution in [0.15, 0.2) is 77.6 Å². The van der Waals surface area contributed by atoms with Gasteiger partial charge >= 0.3 is 0 Å². The summed E-state index contributed by atoms with van der Waals surface area (Å²) in [6.45, 7) is 3.76. The predicted octanol–water partition coefficient (Wildman–Crippen LogP) is 4.54. The van der Waals surface area contributed by atoms with Crippen molar-refractivity contribution < 1.29 is 19.0 Å². The highest BCUT2D eigenvalue weighted by molar-refractivity contribution is 5.97. The number of carbonyl (C=O) groups is 1. The Morgan fingerprint density at radius 1 is 0.943 bits per heavy atom. The van der Waals surface area contributed by atoms with Gasteiger partial charge in [0, 0.05) is 23.6 Å². The number of amides is 1. The molecule has 0 aliphatic carbocycles. The molecule has 0 spiro atoms. The Morgan fingerprint density at radius 2 is 1.66 bits per heavy atom. The summed E-state index contributed by atoms with van der Waals surface area (Å²) in [7, 11) is 0. The smallest absolute Gasteiger partial charge is 0.258 e. The molecule has 35 heavy (non-hydrogen) atoms. The predicted molar refractivity (Wildman–Crippen MR) is 133 cm³/mol. The van der Waals surface area contributed by atoms with Crippen LogP contribution in [0.4, 0.5) is 0 Å². The van der Waals surface area contributed by atoms with Crippen LogP contribution < -0.4 is 19.8 Å². The maximum absolute atomic E-state index is 13.7. The van der Waals surface area contributed by atoms with E-state index in [4.69, 9.17) is 14.2 Å². The largest absolute Gasteiger partial charge is 0.493 e. The summed E-state index contributed by atoms with van der Waals surface area (Å²) in [4.78, 5) is 31.3. The second-order valence-electron chi connectivity index (χ2n) is 8.28. The zero-order valence-electron chi connectivity index (χ0n) is 19.5. The first kappa shape index (κ1) is 22.5. The van der Waals surface area contributed by atoms with Crippen molar-refractivity contribution in [1.29, 1.82) is 0 Å². The number of benzene rings is 3. The minimum atomic E-state index is -0.252. The van der Waals surface area contributed by atoms with Crippen molar-refractivity contribution in [2.45, 2.75) is 20.0 Å². The van der Waals surface area contributed by atoms with Gasteiger partial charge in [-0.3, -0.25) is 9.59 Å². The fourth-order valence-electron chi connectivity index (χ4n) is 4.21. The highest BCUT2D eigenvalue weighted by Crippen LogP contribution is 2.34. The maximum atomic E-state index is 13.7. The second kappa shape index (κ2) is 9.93. The van der Waals surface area contributed by atoms with Crippen molar-refractivity contribution in [3.8, 4) is 17.2 Å². The molecule has 5 rings (SSSR count). The normalized spacial score (nSPS) is 12.4. The number of fused-ring (bicyclic) bond motifs is 2. The topological polar surface area (TPSA) is 80.9 Å². The lowest BCUT2D eigenvalue weighted by atomic mass is 10.1. The van der Waals surface area contributed by atoms with Gasteiger partial charge < -0.3 is 24.1 Å². The molecule has 1 aliphatic rings. The van der Waals surface area contributed by atoms with E-state index in [9.17, 15) is 9.59 Å². The lowest BCUT2D eigenvalue weighted by Gasteiger charge is -2.24. The Kier molecular flexibility index (Phi) is 6.39. The molecule has 1 aliphatic heterocycles. The number of aromatic amines is 1. The summed E-state index contributed by atoms with van der Waals surface area (Å²) >= 11 is 0. The molecular weight excluding hydrogens is 444 g/mol. The molecule has 0 radical (unpaired) electrons. The SMILES string of the molecule is CCOc1ccccc1C(=O)N(Cc1ccccc1)Cc1cc2cc3c(cc2[nH]c1=O)OCCO3. The van der Waals surface area contributed by atoms with Crippen molar-refractivity contribution in [2.75, 3.05) is 19.8 Å². The molecule has 7 heteroatoms. The molecule has 2 heterocycles. The molecule has 178 valence electrons. The van der Waals surface area contributed by atoms with E-state index in [1.165, 1.54) is 0 Å². The van der Waals surface area contributed by atoms with E-state index in [-0.39, 0.29) is 18.0 Å². The number of ether oxygens (including phenoxy) is 3. The van der Waals surface area contributed by atoms with Crippen LogP contribution in [0.25, 0.3) is 10.9 Å². The lowest BCUT2D eigenvalue weighted by Crippen LogP contribution is -2.32. The second-order valence-corrected chi connectivity index (χ2v) is 8.28. The Bertz CT molecular complexity index is 1410. The summed E-state index contributed by atoms with van der Waals surface area (Å²) in [5.74, 6) is 1.57. The van der Waals surface area contributed by atoms with Crippen molar-refractivity contribution in [1.82, 2.24) is 9.88 Å². The summed E-state index contributed by atoms with van der Waals surface area (Å²) in [6.07, 6.45) is 0. The van der Waals surface area contributed by atoms with Gasteiger partial charge in [-0.2, -0.15) is 0 Å². The van der Waals surface area contributed by atoms with Crippen molar-refractivity contribution in [2.24, 2.45) is 0 Å². The quantitative estimate of drug-likeness (QED) is 0.429. The summed E-state index contributed by atoms with van der Waals surface area (Å²) in [6, 6.07) is 22.3. The standard InChI is InChI=1S/C28H26N2O5/c1-2-33-24-11-7-6-10-22(24)28(32)30(17-19-8-4-3-5-9-19)18-21-14-20-15-25-26(35-13-12-34-25)16-23(20)29-27(21)31/h3-11,14-16H,2,12-13,17-18H2,1H3,(H,29,31). The number of carbonyl (C=O) groups excluding carboxylic acids is 1.